The van der Waals surface area contributed by atoms with E-state index in [2.05, 4.69) is 45.6 Å². The molecule has 0 aliphatic heterocycles. The van der Waals surface area contributed by atoms with Gasteiger partial charge in [-0.2, -0.15) is 0 Å². The van der Waals surface area contributed by atoms with Crippen molar-refractivity contribution in [2.75, 3.05) is 5.32 Å². The number of pyridine rings is 1. The zero-order chi connectivity index (χ0) is 13.8. The van der Waals surface area contributed by atoms with Crippen LogP contribution in [0.25, 0.3) is 10.6 Å². The third-order valence-electron chi connectivity index (χ3n) is 3.03. The highest BCUT2D eigenvalue weighted by Gasteiger charge is 2.00. The lowest BCUT2D eigenvalue weighted by Gasteiger charge is -2.07. The number of hydrogen-bond donors (Lipinski definition) is 1. The predicted octanol–water partition coefficient (Wildman–Crippen LogP) is 4.13. The second kappa shape index (κ2) is 5.84. The number of thiazole rings is 1. The van der Waals surface area contributed by atoms with Gasteiger partial charge in [0.1, 0.15) is 5.01 Å². The number of anilines is 1. The maximum absolute atomic E-state index is 4.31. The van der Waals surface area contributed by atoms with E-state index in [1.54, 1.807) is 11.3 Å². The Hall–Kier alpha value is -2.20. The van der Waals surface area contributed by atoms with Crippen molar-refractivity contribution in [3.63, 3.8) is 0 Å². The molecule has 0 bridgehead atoms. The average molecular weight is 281 g/mol. The average Bonchev–Trinajstić information content (AvgIpc) is 3.01. The Labute approximate surface area is 122 Å². The molecule has 0 fully saturated rings. The van der Waals surface area contributed by atoms with E-state index < -0.39 is 0 Å². The molecule has 0 amide bonds. The minimum absolute atomic E-state index is 0.782. The number of hydrogen-bond acceptors (Lipinski definition) is 4. The number of benzene rings is 1. The van der Waals surface area contributed by atoms with Gasteiger partial charge in [-0.05, 0) is 42.8 Å². The molecule has 3 nitrogen and oxygen atoms in total. The van der Waals surface area contributed by atoms with E-state index >= 15 is 0 Å². The van der Waals surface area contributed by atoms with Crippen molar-refractivity contribution in [2.45, 2.75) is 13.5 Å². The lowest BCUT2D eigenvalue weighted by molar-refractivity contribution is 1.09. The predicted molar refractivity (Wildman–Crippen MR) is 83.9 cm³/mol. The fourth-order valence-corrected chi connectivity index (χ4v) is 2.55. The highest BCUT2D eigenvalue weighted by Crippen LogP contribution is 2.23. The van der Waals surface area contributed by atoms with E-state index in [-0.39, 0.29) is 0 Å². The third-order valence-corrected chi connectivity index (χ3v) is 3.86. The molecule has 1 N–H and O–H groups in total. The molecule has 0 atom stereocenters. The van der Waals surface area contributed by atoms with E-state index in [9.17, 15) is 0 Å². The normalized spacial score (nSPS) is 10.4. The number of aromatic nitrogens is 2. The summed E-state index contributed by atoms with van der Waals surface area (Å²) in [5, 5.41) is 6.44. The molecular formula is C16H15N3S. The first-order valence-electron chi connectivity index (χ1n) is 6.46. The van der Waals surface area contributed by atoms with Crippen LogP contribution in [0.1, 0.15) is 11.3 Å². The first-order valence-corrected chi connectivity index (χ1v) is 7.34. The zero-order valence-corrected chi connectivity index (χ0v) is 12.0. The first kappa shape index (κ1) is 12.8. The fraction of sp³-hybridized carbons (Fsp3) is 0.125. The fourth-order valence-electron chi connectivity index (χ4n) is 1.90. The molecule has 0 radical (unpaired) electrons. The summed E-state index contributed by atoms with van der Waals surface area (Å²) in [6.45, 7) is 2.78. The number of nitrogens with one attached hydrogen (secondary N) is 1. The van der Waals surface area contributed by atoms with Gasteiger partial charge in [0.2, 0.25) is 0 Å². The Kier molecular flexibility index (Phi) is 3.74. The monoisotopic (exact) mass is 281 g/mol. The molecule has 0 saturated carbocycles. The Balaban J connectivity index is 1.65. The quantitative estimate of drug-likeness (QED) is 0.781. The second-order valence-corrected chi connectivity index (χ2v) is 5.47. The SMILES string of the molecule is Cc1ccc(CNc2ccc(-c3nccs3)cc2)cn1. The van der Waals surface area contributed by atoms with E-state index in [1.807, 2.05) is 30.8 Å². The highest BCUT2D eigenvalue weighted by atomic mass is 32.1. The van der Waals surface area contributed by atoms with Crippen LogP contribution in [0.2, 0.25) is 0 Å². The summed E-state index contributed by atoms with van der Waals surface area (Å²) in [7, 11) is 0. The van der Waals surface area contributed by atoms with E-state index in [1.165, 1.54) is 5.56 Å². The van der Waals surface area contributed by atoms with Crippen LogP contribution in [-0.2, 0) is 6.54 Å². The summed E-state index contributed by atoms with van der Waals surface area (Å²) >= 11 is 1.65. The molecule has 4 heteroatoms. The smallest absolute Gasteiger partial charge is 0.123 e. The van der Waals surface area contributed by atoms with Crippen LogP contribution in [0.5, 0.6) is 0 Å². The van der Waals surface area contributed by atoms with E-state index in [4.69, 9.17) is 0 Å². The van der Waals surface area contributed by atoms with Gasteiger partial charge < -0.3 is 5.32 Å². The van der Waals surface area contributed by atoms with Crippen LogP contribution in [-0.4, -0.2) is 9.97 Å². The summed E-state index contributed by atoms with van der Waals surface area (Å²) in [6.07, 6.45) is 3.74. The Morgan fingerprint density at radius 1 is 1.05 bits per heavy atom. The van der Waals surface area contributed by atoms with Crippen LogP contribution >= 0.6 is 11.3 Å². The van der Waals surface area contributed by atoms with Gasteiger partial charge in [0.15, 0.2) is 0 Å². The third kappa shape index (κ3) is 3.03. The topological polar surface area (TPSA) is 37.8 Å². The summed E-state index contributed by atoms with van der Waals surface area (Å²) in [5.74, 6) is 0. The van der Waals surface area contributed by atoms with Crippen LogP contribution < -0.4 is 5.32 Å². The standard InChI is InChI=1S/C16H15N3S/c1-12-2-3-13(10-18-12)11-19-15-6-4-14(5-7-15)16-17-8-9-20-16/h2-10,19H,11H2,1H3. The second-order valence-electron chi connectivity index (χ2n) is 4.58. The van der Waals surface area contributed by atoms with Gasteiger partial charge in [0.25, 0.3) is 0 Å². The molecule has 100 valence electrons. The number of nitrogens with zero attached hydrogens (tertiary/aromatic N) is 2. The van der Waals surface area contributed by atoms with Gasteiger partial charge in [0, 0.05) is 41.3 Å². The van der Waals surface area contributed by atoms with Crippen LogP contribution in [0.15, 0.2) is 54.2 Å². The lowest BCUT2D eigenvalue weighted by atomic mass is 10.2. The van der Waals surface area contributed by atoms with E-state index in [0.29, 0.717) is 0 Å². The molecule has 3 aromatic rings. The number of rotatable bonds is 4. The molecular weight excluding hydrogens is 266 g/mol. The minimum atomic E-state index is 0.782. The molecule has 0 aliphatic rings. The Morgan fingerprint density at radius 2 is 1.90 bits per heavy atom. The molecule has 3 rings (SSSR count). The van der Waals surface area contributed by atoms with Gasteiger partial charge in [0.05, 0.1) is 0 Å². The van der Waals surface area contributed by atoms with E-state index in [0.717, 1.165) is 28.5 Å². The Morgan fingerprint density at radius 3 is 2.55 bits per heavy atom. The molecule has 0 saturated heterocycles. The molecule has 2 aromatic heterocycles. The summed E-state index contributed by atoms with van der Waals surface area (Å²) in [6, 6.07) is 12.5. The maximum atomic E-state index is 4.31. The van der Waals surface area contributed by atoms with Crippen molar-refractivity contribution in [1.29, 1.82) is 0 Å². The van der Waals surface area contributed by atoms with Gasteiger partial charge in [-0.25, -0.2) is 4.98 Å². The maximum Gasteiger partial charge on any atom is 0.123 e. The lowest BCUT2D eigenvalue weighted by Crippen LogP contribution is -1.99. The van der Waals surface area contributed by atoms with Crippen molar-refractivity contribution < 1.29 is 0 Å². The summed E-state index contributed by atoms with van der Waals surface area (Å²) in [5.41, 5.74) is 4.48. The molecule has 20 heavy (non-hydrogen) atoms. The van der Waals surface area contributed by atoms with Crippen molar-refractivity contribution in [3.05, 3.63) is 65.4 Å². The molecule has 0 unspecified atom stereocenters. The summed E-state index contributed by atoms with van der Waals surface area (Å²) in [4.78, 5) is 8.60. The minimum Gasteiger partial charge on any atom is -0.381 e. The van der Waals surface area contributed by atoms with Crippen LogP contribution in [0.4, 0.5) is 5.69 Å². The molecule has 0 spiro atoms. The van der Waals surface area contributed by atoms with Crippen molar-refractivity contribution in [2.24, 2.45) is 0 Å². The molecule has 1 aromatic carbocycles. The van der Waals surface area contributed by atoms with Crippen molar-refractivity contribution in [3.8, 4) is 10.6 Å². The molecule has 2 heterocycles. The van der Waals surface area contributed by atoms with Gasteiger partial charge >= 0.3 is 0 Å². The van der Waals surface area contributed by atoms with Gasteiger partial charge in [-0.3, -0.25) is 4.98 Å². The van der Waals surface area contributed by atoms with Crippen LogP contribution in [0.3, 0.4) is 0 Å². The highest BCUT2D eigenvalue weighted by molar-refractivity contribution is 7.13. The zero-order valence-electron chi connectivity index (χ0n) is 11.2. The van der Waals surface area contributed by atoms with Crippen LogP contribution in [0, 0.1) is 6.92 Å². The van der Waals surface area contributed by atoms with Crippen molar-refractivity contribution >= 4 is 17.0 Å². The first-order chi connectivity index (χ1) is 9.81. The largest absolute Gasteiger partial charge is 0.381 e. The van der Waals surface area contributed by atoms with Gasteiger partial charge in [-0.1, -0.05) is 6.07 Å². The molecule has 0 aliphatic carbocycles. The summed E-state index contributed by atoms with van der Waals surface area (Å²) < 4.78 is 0. The van der Waals surface area contributed by atoms with Gasteiger partial charge in [-0.15, -0.1) is 11.3 Å². The Bertz CT molecular complexity index is 658. The van der Waals surface area contributed by atoms with Crippen molar-refractivity contribution in [1.82, 2.24) is 9.97 Å². The number of aryl methyl sites for hydroxylation is 1.